The molecule has 0 bridgehead atoms. The first-order chi connectivity index (χ1) is 3.48. The van der Waals surface area contributed by atoms with Gasteiger partial charge in [-0.1, -0.05) is 19.6 Å². The van der Waals surface area contributed by atoms with Gasteiger partial charge in [-0.25, -0.2) is 0 Å². The first kappa shape index (κ1) is 7.89. The largest absolute Gasteiger partial charge is 0.302 e. The minimum atomic E-state index is -1.01. The lowest BCUT2D eigenvalue weighted by molar-refractivity contribution is 1.43. The maximum atomic E-state index is 4.14. The molecule has 2 heteroatoms. The molecule has 0 amide bonds. The summed E-state index contributed by atoms with van der Waals surface area (Å²) in [6, 6.07) is 0. The van der Waals surface area contributed by atoms with Crippen molar-refractivity contribution < 1.29 is 0 Å². The van der Waals surface area contributed by atoms with Crippen LogP contribution in [0.25, 0.3) is 0 Å². The molecule has 0 N–H and O–H groups in total. The van der Waals surface area contributed by atoms with Gasteiger partial charge in [0.2, 0.25) is 0 Å². The molecule has 1 nitrogen and oxygen atoms in total. The zero-order valence-electron chi connectivity index (χ0n) is 6.45. The fourth-order valence-electron chi connectivity index (χ4n) is 0.335. The third-order valence-electron chi connectivity index (χ3n) is 1.42. The fourth-order valence-corrected chi connectivity index (χ4v) is 1.01. The molecule has 0 aromatic rings. The highest BCUT2D eigenvalue weighted by atomic mass is 28.3. The van der Waals surface area contributed by atoms with Crippen molar-refractivity contribution in [2.75, 3.05) is 7.05 Å². The van der Waals surface area contributed by atoms with E-state index in [4.69, 9.17) is 0 Å². The van der Waals surface area contributed by atoms with Crippen LogP contribution in [0.4, 0.5) is 0 Å². The number of hydrogen-bond acceptors (Lipinski definition) is 1. The maximum Gasteiger partial charge on any atom is 0.0949 e. The van der Waals surface area contributed by atoms with Crippen LogP contribution in [-0.2, 0) is 0 Å². The molecular weight excluding hydrogens is 114 g/mol. The normalized spacial score (nSPS) is 14.4. The van der Waals surface area contributed by atoms with E-state index in [0.29, 0.717) is 0 Å². The minimum Gasteiger partial charge on any atom is -0.302 e. The smallest absolute Gasteiger partial charge is 0.0949 e. The van der Waals surface area contributed by atoms with Crippen LogP contribution >= 0.6 is 0 Å². The Labute approximate surface area is 52.8 Å². The van der Waals surface area contributed by atoms with Gasteiger partial charge < -0.3 is 4.99 Å². The summed E-state index contributed by atoms with van der Waals surface area (Å²) < 4.78 is 0. The predicted octanol–water partition coefficient (Wildman–Crippen LogP) is 1.95. The Morgan fingerprint density at radius 1 is 1.25 bits per heavy atom. The third-order valence-corrected chi connectivity index (χ3v) is 3.82. The van der Waals surface area contributed by atoms with Crippen LogP contribution in [0, 0.1) is 0 Å². The van der Waals surface area contributed by atoms with Crippen LogP contribution in [0.1, 0.15) is 6.92 Å². The van der Waals surface area contributed by atoms with Gasteiger partial charge in [0.25, 0.3) is 0 Å². The first-order valence-corrected chi connectivity index (χ1v) is 6.42. The van der Waals surface area contributed by atoms with E-state index in [-0.39, 0.29) is 0 Å². The van der Waals surface area contributed by atoms with Crippen molar-refractivity contribution in [1.29, 1.82) is 0 Å². The summed E-state index contributed by atoms with van der Waals surface area (Å²) in [6.45, 7) is 9.02. The molecular formula is C6H15NSi. The van der Waals surface area contributed by atoms with Gasteiger partial charge >= 0.3 is 0 Å². The van der Waals surface area contributed by atoms with E-state index in [9.17, 15) is 0 Å². The topological polar surface area (TPSA) is 12.4 Å². The Hall–Kier alpha value is -0.113. The molecule has 0 unspecified atom stereocenters. The van der Waals surface area contributed by atoms with Crippen molar-refractivity contribution in [3.8, 4) is 0 Å². The molecule has 0 rings (SSSR count). The molecule has 0 aliphatic heterocycles. The number of hydrogen-bond donors (Lipinski definition) is 0. The van der Waals surface area contributed by atoms with Gasteiger partial charge in [-0.15, -0.1) is 0 Å². The molecule has 0 aromatic carbocycles. The van der Waals surface area contributed by atoms with Gasteiger partial charge in [0.1, 0.15) is 0 Å². The molecule has 8 heavy (non-hydrogen) atoms. The predicted molar refractivity (Wildman–Crippen MR) is 42.4 cm³/mol. The van der Waals surface area contributed by atoms with Gasteiger partial charge in [0.15, 0.2) is 0 Å². The van der Waals surface area contributed by atoms with Crippen molar-refractivity contribution in [3.63, 3.8) is 0 Å². The first-order valence-electron chi connectivity index (χ1n) is 2.92. The van der Waals surface area contributed by atoms with Crippen molar-refractivity contribution in [2.45, 2.75) is 26.6 Å². The minimum absolute atomic E-state index is 1.01. The molecule has 0 heterocycles. The highest BCUT2D eigenvalue weighted by Crippen LogP contribution is 2.01. The molecule has 0 fully saturated rings. The molecule has 0 saturated heterocycles. The molecule has 0 aliphatic carbocycles. The second-order valence-electron chi connectivity index (χ2n) is 3.06. The lowest BCUT2D eigenvalue weighted by Gasteiger charge is -2.13. The summed E-state index contributed by atoms with van der Waals surface area (Å²) in [5.74, 6) is 0. The molecule has 0 spiro atoms. The van der Waals surface area contributed by atoms with Gasteiger partial charge in [-0.3, -0.25) is 0 Å². The van der Waals surface area contributed by atoms with Gasteiger partial charge in [-0.05, 0) is 12.3 Å². The summed E-state index contributed by atoms with van der Waals surface area (Å²) in [5, 5.41) is 1.34. The number of rotatable bonds is 1. The van der Waals surface area contributed by atoms with Crippen molar-refractivity contribution in [1.82, 2.24) is 0 Å². The standard InChI is InChI=1S/C6H15NSi/c1-6(7-2)8(3,4)5/h1-5H3. The van der Waals surface area contributed by atoms with Gasteiger partial charge in [0, 0.05) is 7.05 Å². The SMILES string of the molecule is CN=C(C)[Si](C)(C)C. The molecule has 0 atom stereocenters. The Balaban J connectivity index is 4.03. The average molecular weight is 129 g/mol. The van der Waals surface area contributed by atoms with Crippen LogP contribution in [0.15, 0.2) is 4.99 Å². The summed E-state index contributed by atoms with van der Waals surface area (Å²) in [4.78, 5) is 4.14. The van der Waals surface area contributed by atoms with Crippen LogP contribution in [0.2, 0.25) is 19.6 Å². The summed E-state index contributed by atoms with van der Waals surface area (Å²) in [6.07, 6.45) is 0. The molecule has 0 saturated carbocycles. The summed E-state index contributed by atoms with van der Waals surface area (Å²) in [7, 11) is 0.858. The van der Waals surface area contributed by atoms with Crippen molar-refractivity contribution in [2.24, 2.45) is 4.99 Å². The van der Waals surface area contributed by atoms with E-state index in [1.165, 1.54) is 5.33 Å². The van der Waals surface area contributed by atoms with Crippen molar-refractivity contribution >= 4 is 13.4 Å². The monoisotopic (exact) mass is 129 g/mol. The second kappa shape index (κ2) is 2.44. The van der Waals surface area contributed by atoms with E-state index < -0.39 is 8.07 Å². The van der Waals surface area contributed by atoms with E-state index in [0.717, 1.165) is 0 Å². The van der Waals surface area contributed by atoms with Gasteiger partial charge in [0.05, 0.1) is 8.07 Å². The summed E-state index contributed by atoms with van der Waals surface area (Å²) in [5.41, 5.74) is 0. The van der Waals surface area contributed by atoms with Gasteiger partial charge in [-0.2, -0.15) is 0 Å². The Morgan fingerprint density at radius 3 is 1.62 bits per heavy atom. The van der Waals surface area contributed by atoms with Crippen LogP contribution in [0.3, 0.4) is 0 Å². The maximum absolute atomic E-state index is 4.14. The Kier molecular flexibility index (Phi) is 2.41. The lowest BCUT2D eigenvalue weighted by atomic mass is 10.9. The van der Waals surface area contributed by atoms with Crippen LogP contribution in [-0.4, -0.2) is 20.5 Å². The zero-order valence-corrected chi connectivity index (χ0v) is 7.45. The fraction of sp³-hybridized carbons (Fsp3) is 0.833. The van der Waals surface area contributed by atoms with Crippen LogP contribution in [0.5, 0.6) is 0 Å². The second-order valence-corrected chi connectivity index (χ2v) is 8.28. The van der Waals surface area contributed by atoms with E-state index >= 15 is 0 Å². The average Bonchev–Trinajstić information content (AvgIpc) is 1.62. The summed E-state index contributed by atoms with van der Waals surface area (Å²) >= 11 is 0. The Morgan fingerprint density at radius 2 is 1.62 bits per heavy atom. The van der Waals surface area contributed by atoms with Crippen LogP contribution < -0.4 is 0 Å². The molecule has 0 aliphatic rings. The van der Waals surface area contributed by atoms with E-state index in [2.05, 4.69) is 31.6 Å². The molecule has 0 radical (unpaired) electrons. The Bertz CT molecular complexity index is 99.6. The number of nitrogens with zero attached hydrogens (tertiary/aromatic N) is 1. The van der Waals surface area contributed by atoms with Crippen molar-refractivity contribution in [3.05, 3.63) is 0 Å². The number of aliphatic imine (C=N–C) groups is 1. The van der Waals surface area contributed by atoms with E-state index in [1.807, 2.05) is 7.05 Å². The zero-order chi connectivity index (χ0) is 6.78. The highest BCUT2D eigenvalue weighted by molar-refractivity contribution is 7.04. The molecule has 0 aromatic heterocycles. The highest BCUT2D eigenvalue weighted by Gasteiger charge is 2.15. The molecule has 48 valence electrons. The lowest BCUT2D eigenvalue weighted by Crippen LogP contribution is -2.30. The third kappa shape index (κ3) is 2.26. The quantitative estimate of drug-likeness (QED) is 0.379. The van der Waals surface area contributed by atoms with E-state index in [1.54, 1.807) is 0 Å².